The van der Waals surface area contributed by atoms with Crippen LogP contribution in [0, 0.1) is 5.92 Å². The van der Waals surface area contributed by atoms with Gasteiger partial charge in [-0.1, -0.05) is 12.1 Å². The molecule has 0 bridgehead atoms. The van der Waals surface area contributed by atoms with Crippen LogP contribution in [0.25, 0.3) is 0 Å². The lowest BCUT2D eigenvalue weighted by Gasteiger charge is -2.24. The Hall–Kier alpha value is -3.36. The number of benzene rings is 1. The van der Waals surface area contributed by atoms with E-state index >= 15 is 0 Å². The van der Waals surface area contributed by atoms with E-state index in [-0.39, 0.29) is 18.2 Å². The van der Waals surface area contributed by atoms with Crippen LogP contribution in [0.4, 0.5) is 0 Å². The van der Waals surface area contributed by atoms with Gasteiger partial charge in [-0.05, 0) is 49.4 Å². The van der Waals surface area contributed by atoms with Gasteiger partial charge in [0, 0.05) is 18.0 Å². The van der Waals surface area contributed by atoms with Gasteiger partial charge in [-0.25, -0.2) is 4.79 Å². The summed E-state index contributed by atoms with van der Waals surface area (Å²) in [5.74, 6) is -1.47. The van der Waals surface area contributed by atoms with Crippen molar-refractivity contribution in [2.24, 2.45) is 5.92 Å². The average Bonchev–Trinajstić information content (AvgIpc) is 3.21. The molecule has 0 saturated heterocycles. The van der Waals surface area contributed by atoms with Crippen LogP contribution >= 0.6 is 0 Å². The number of hydrogen-bond donors (Lipinski definition) is 4. The SMILES string of the molecule is COc1ccc(CC(NC(=O)[C@@H](C)NC(=O)[C@@H]2CCc3[nH]ncc3C2)C(=O)O)cc1. The third kappa shape index (κ3) is 5.16. The van der Waals surface area contributed by atoms with Crippen molar-refractivity contribution in [1.29, 1.82) is 0 Å². The van der Waals surface area contributed by atoms with E-state index in [1.54, 1.807) is 44.5 Å². The highest BCUT2D eigenvalue weighted by molar-refractivity contribution is 5.90. The van der Waals surface area contributed by atoms with E-state index in [4.69, 9.17) is 4.74 Å². The molecule has 1 heterocycles. The maximum absolute atomic E-state index is 12.6. The summed E-state index contributed by atoms with van der Waals surface area (Å²) in [6, 6.07) is 5.01. The number of aromatic amines is 1. The van der Waals surface area contributed by atoms with Crippen molar-refractivity contribution in [1.82, 2.24) is 20.8 Å². The molecule has 2 aromatic rings. The molecule has 2 amide bonds. The number of aryl methyl sites for hydroxylation is 1. The molecule has 0 fully saturated rings. The molecule has 3 rings (SSSR count). The second-order valence-electron chi connectivity index (χ2n) is 7.50. The molecule has 0 aliphatic heterocycles. The number of aliphatic carboxylic acids is 1. The number of fused-ring (bicyclic) bond motifs is 1. The second-order valence-corrected chi connectivity index (χ2v) is 7.50. The van der Waals surface area contributed by atoms with Crippen LogP contribution in [0.1, 0.15) is 30.2 Å². The topological polar surface area (TPSA) is 133 Å². The number of hydrogen-bond acceptors (Lipinski definition) is 5. The van der Waals surface area contributed by atoms with Crippen LogP contribution in [0.2, 0.25) is 0 Å². The van der Waals surface area contributed by atoms with Crippen molar-refractivity contribution in [3.63, 3.8) is 0 Å². The summed E-state index contributed by atoms with van der Waals surface area (Å²) < 4.78 is 5.09. The minimum Gasteiger partial charge on any atom is -0.497 e. The van der Waals surface area contributed by atoms with E-state index < -0.39 is 24.0 Å². The number of nitrogens with one attached hydrogen (secondary N) is 3. The fourth-order valence-electron chi connectivity index (χ4n) is 3.53. The predicted molar refractivity (Wildman–Crippen MR) is 108 cm³/mol. The van der Waals surface area contributed by atoms with Gasteiger partial charge in [0.1, 0.15) is 17.8 Å². The molecule has 9 nitrogen and oxygen atoms in total. The molecule has 1 aromatic heterocycles. The van der Waals surface area contributed by atoms with Crippen LogP contribution in [-0.2, 0) is 33.6 Å². The Kier molecular flexibility index (Phi) is 6.71. The predicted octanol–water partition coefficient (Wildman–Crippen LogP) is 0.840. The standard InChI is InChI=1S/C21H26N4O5/c1-12(23-20(27)14-5-8-17-15(10-14)11-22-25-17)19(26)24-18(21(28)29)9-13-3-6-16(30-2)7-4-13/h3-4,6-7,11-12,14,18H,5,8-10H2,1-2H3,(H,22,25)(H,23,27)(H,24,26)(H,28,29)/t12-,14-,18?/m1/s1. The number of carbonyl (C=O) groups excluding carboxylic acids is 2. The lowest BCUT2D eigenvalue weighted by Crippen LogP contribution is -2.52. The molecule has 1 aliphatic rings. The zero-order chi connectivity index (χ0) is 21.7. The van der Waals surface area contributed by atoms with Crippen molar-refractivity contribution in [3.8, 4) is 5.75 Å². The minimum absolute atomic E-state index is 0.123. The van der Waals surface area contributed by atoms with E-state index in [0.717, 1.165) is 23.2 Å². The molecule has 1 aromatic carbocycles. The van der Waals surface area contributed by atoms with Gasteiger partial charge in [0.05, 0.1) is 13.3 Å². The van der Waals surface area contributed by atoms with Gasteiger partial charge in [-0.15, -0.1) is 0 Å². The van der Waals surface area contributed by atoms with Crippen molar-refractivity contribution >= 4 is 17.8 Å². The van der Waals surface area contributed by atoms with E-state index in [1.807, 2.05) is 0 Å². The summed E-state index contributed by atoms with van der Waals surface area (Å²) in [7, 11) is 1.55. The molecule has 1 unspecified atom stereocenters. The molecule has 0 spiro atoms. The van der Waals surface area contributed by atoms with Crippen LogP contribution < -0.4 is 15.4 Å². The number of amides is 2. The average molecular weight is 414 g/mol. The molecule has 3 atom stereocenters. The Bertz CT molecular complexity index is 908. The first-order valence-electron chi connectivity index (χ1n) is 9.85. The molecule has 1 aliphatic carbocycles. The molecule has 160 valence electrons. The van der Waals surface area contributed by atoms with Gasteiger partial charge in [0.15, 0.2) is 0 Å². The number of carboxylic acid groups (broad SMARTS) is 1. The van der Waals surface area contributed by atoms with Gasteiger partial charge in [0.2, 0.25) is 11.8 Å². The number of nitrogens with zero attached hydrogens (tertiary/aromatic N) is 1. The maximum Gasteiger partial charge on any atom is 0.326 e. The van der Waals surface area contributed by atoms with E-state index in [9.17, 15) is 19.5 Å². The molecule has 9 heteroatoms. The zero-order valence-corrected chi connectivity index (χ0v) is 17.0. The van der Waals surface area contributed by atoms with E-state index in [2.05, 4.69) is 20.8 Å². The molecule has 4 N–H and O–H groups in total. The normalized spacial score (nSPS) is 17.3. The Morgan fingerprint density at radius 2 is 2.00 bits per heavy atom. The highest BCUT2D eigenvalue weighted by Crippen LogP contribution is 2.23. The zero-order valence-electron chi connectivity index (χ0n) is 17.0. The van der Waals surface area contributed by atoms with Crippen molar-refractivity contribution in [2.45, 2.75) is 44.7 Å². The summed E-state index contributed by atoms with van der Waals surface area (Å²) in [6.45, 7) is 1.55. The van der Waals surface area contributed by atoms with Crippen molar-refractivity contribution in [2.75, 3.05) is 7.11 Å². The highest BCUT2D eigenvalue weighted by Gasteiger charge is 2.29. The number of aromatic nitrogens is 2. The van der Waals surface area contributed by atoms with Crippen LogP contribution in [-0.4, -0.2) is 52.3 Å². The summed E-state index contributed by atoms with van der Waals surface area (Å²) >= 11 is 0. The number of carboxylic acids is 1. The monoisotopic (exact) mass is 414 g/mol. The van der Waals surface area contributed by atoms with E-state index in [1.165, 1.54) is 0 Å². The minimum atomic E-state index is -1.14. The number of carbonyl (C=O) groups is 3. The highest BCUT2D eigenvalue weighted by atomic mass is 16.5. The number of ether oxygens (including phenoxy) is 1. The molecular formula is C21H26N4O5. The van der Waals surface area contributed by atoms with Crippen molar-refractivity contribution in [3.05, 3.63) is 47.3 Å². The quantitative estimate of drug-likeness (QED) is 0.506. The third-order valence-corrected chi connectivity index (χ3v) is 5.35. The number of methoxy groups -OCH3 is 1. The summed E-state index contributed by atoms with van der Waals surface area (Å²) in [6.07, 6.45) is 3.82. The molecule has 30 heavy (non-hydrogen) atoms. The summed E-state index contributed by atoms with van der Waals surface area (Å²) in [5, 5.41) is 21.6. The Morgan fingerprint density at radius 3 is 2.67 bits per heavy atom. The van der Waals surface area contributed by atoms with Gasteiger partial charge < -0.3 is 20.5 Å². The van der Waals surface area contributed by atoms with Crippen LogP contribution in [0.15, 0.2) is 30.5 Å². The maximum atomic E-state index is 12.6. The smallest absolute Gasteiger partial charge is 0.326 e. The first-order chi connectivity index (χ1) is 14.4. The third-order valence-electron chi connectivity index (χ3n) is 5.35. The van der Waals surface area contributed by atoms with Gasteiger partial charge in [-0.3, -0.25) is 14.7 Å². The lowest BCUT2D eigenvalue weighted by atomic mass is 9.87. The Balaban J connectivity index is 1.54. The summed E-state index contributed by atoms with van der Waals surface area (Å²) in [5.41, 5.74) is 2.81. The number of rotatable bonds is 8. The van der Waals surface area contributed by atoms with Gasteiger partial charge in [-0.2, -0.15) is 5.10 Å². The fraction of sp³-hybridized carbons (Fsp3) is 0.429. The van der Waals surface area contributed by atoms with Gasteiger partial charge in [0.25, 0.3) is 0 Å². The molecular weight excluding hydrogens is 388 g/mol. The largest absolute Gasteiger partial charge is 0.497 e. The summed E-state index contributed by atoms with van der Waals surface area (Å²) in [4.78, 5) is 36.7. The Labute approximate surface area is 174 Å². The van der Waals surface area contributed by atoms with E-state index in [0.29, 0.717) is 18.6 Å². The van der Waals surface area contributed by atoms with Gasteiger partial charge >= 0.3 is 5.97 Å². The molecule has 0 radical (unpaired) electrons. The van der Waals surface area contributed by atoms with Crippen molar-refractivity contribution < 1.29 is 24.2 Å². The second kappa shape index (κ2) is 9.43. The van der Waals surface area contributed by atoms with Crippen LogP contribution in [0.5, 0.6) is 5.75 Å². The Morgan fingerprint density at radius 1 is 1.27 bits per heavy atom. The first-order valence-corrected chi connectivity index (χ1v) is 9.85. The first kappa shape index (κ1) is 21.4. The number of H-pyrrole nitrogens is 1. The fourth-order valence-corrected chi connectivity index (χ4v) is 3.53. The lowest BCUT2D eigenvalue weighted by molar-refractivity contribution is -0.142. The van der Waals surface area contributed by atoms with Crippen LogP contribution in [0.3, 0.4) is 0 Å². The molecule has 0 saturated carbocycles.